The molecule has 1 atom stereocenters. The Kier molecular flexibility index (Phi) is 5.91. The Hall–Kier alpha value is -3.34. The number of urea groups is 1. The average molecular weight is 463 g/mol. The zero-order valence-electron chi connectivity index (χ0n) is 18.2. The second kappa shape index (κ2) is 8.54. The highest BCUT2D eigenvalue weighted by Crippen LogP contribution is 2.30. The van der Waals surface area contributed by atoms with Gasteiger partial charge in [0.2, 0.25) is 0 Å². The van der Waals surface area contributed by atoms with E-state index in [2.05, 4.69) is 31.9 Å². The van der Waals surface area contributed by atoms with Gasteiger partial charge in [0.25, 0.3) is 5.91 Å². The second-order valence-corrected chi connectivity index (χ2v) is 8.43. The highest BCUT2D eigenvalue weighted by Gasteiger charge is 2.48. The molecule has 2 saturated heterocycles. The Labute approximate surface area is 188 Å². The molecule has 2 aromatic rings. The number of anilines is 2. The number of hydrogen-bond acceptors (Lipinski definition) is 6. The van der Waals surface area contributed by atoms with Crippen LogP contribution in [0.25, 0.3) is 0 Å². The summed E-state index contributed by atoms with van der Waals surface area (Å²) in [6, 6.07) is 7.68. The van der Waals surface area contributed by atoms with Gasteiger partial charge in [-0.25, -0.2) is 14.7 Å². The molecule has 0 radical (unpaired) electrons. The first-order valence-corrected chi connectivity index (χ1v) is 10.4. The van der Waals surface area contributed by atoms with Gasteiger partial charge in [0.1, 0.15) is 17.1 Å². The van der Waals surface area contributed by atoms with Gasteiger partial charge in [-0.05, 0) is 55.9 Å². The first kappa shape index (κ1) is 22.8. The number of nitrogens with one attached hydrogen (secondary N) is 1. The summed E-state index contributed by atoms with van der Waals surface area (Å²) in [5.41, 5.74) is -0.214. The van der Waals surface area contributed by atoms with E-state index in [1.54, 1.807) is 19.2 Å². The summed E-state index contributed by atoms with van der Waals surface area (Å²) in [6.45, 7) is 5.19. The number of ether oxygens (including phenoxy) is 1. The van der Waals surface area contributed by atoms with Crippen LogP contribution in [0.15, 0.2) is 42.6 Å². The lowest BCUT2D eigenvalue weighted by molar-refractivity contribution is -0.274. The van der Waals surface area contributed by atoms with Crippen molar-refractivity contribution in [1.29, 1.82) is 0 Å². The van der Waals surface area contributed by atoms with Crippen LogP contribution in [-0.4, -0.2) is 67.0 Å². The molecule has 2 aliphatic rings. The molecular formula is C22H24F3N5O3. The van der Waals surface area contributed by atoms with Gasteiger partial charge >= 0.3 is 12.4 Å². The highest BCUT2D eigenvalue weighted by molar-refractivity contribution is 6.23. The third-order valence-corrected chi connectivity index (χ3v) is 5.78. The molecule has 0 bridgehead atoms. The standard InChI is InChI=1S/C22H24F3N5O3/c1-21(14-15-7-8-26-18(13-15)29-11-9-28(2)10-12-29)19(31)30(20(32)27-21)16-3-5-17(6-4-16)33-22(23,24)25/h3-8,13H,9-12,14H2,1-2H3,(H,27,32). The van der Waals surface area contributed by atoms with Gasteiger partial charge in [0, 0.05) is 38.8 Å². The van der Waals surface area contributed by atoms with E-state index in [0.29, 0.717) is 0 Å². The number of amides is 3. The summed E-state index contributed by atoms with van der Waals surface area (Å²) in [7, 11) is 2.07. The number of rotatable bonds is 5. The number of pyridine rings is 1. The molecule has 33 heavy (non-hydrogen) atoms. The molecule has 8 nitrogen and oxygen atoms in total. The second-order valence-electron chi connectivity index (χ2n) is 8.43. The molecule has 11 heteroatoms. The summed E-state index contributed by atoms with van der Waals surface area (Å²) in [5, 5.41) is 2.72. The molecule has 0 spiro atoms. The number of hydrogen-bond donors (Lipinski definition) is 1. The SMILES string of the molecule is CN1CCN(c2cc(CC3(C)NC(=O)N(c4ccc(OC(F)(F)F)cc4)C3=O)ccn2)CC1. The minimum absolute atomic E-state index is 0.156. The first-order chi connectivity index (χ1) is 15.5. The molecule has 0 saturated carbocycles. The maximum absolute atomic E-state index is 13.2. The third kappa shape index (κ3) is 5.03. The lowest BCUT2D eigenvalue weighted by atomic mass is 9.93. The van der Waals surface area contributed by atoms with Crippen LogP contribution < -0.4 is 19.9 Å². The quantitative estimate of drug-likeness (QED) is 0.688. The molecule has 4 rings (SSSR count). The van der Waals surface area contributed by atoms with Crippen molar-refractivity contribution in [3.63, 3.8) is 0 Å². The van der Waals surface area contributed by atoms with Crippen LogP contribution >= 0.6 is 0 Å². The van der Waals surface area contributed by atoms with Gasteiger partial charge in [-0.2, -0.15) is 0 Å². The topological polar surface area (TPSA) is 78.0 Å². The van der Waals surface area contributed by atoms with Crippen molar-refractivity contribution in [2.45, 2.75) is 25.2 Å². The number of carbonyl (C=O) groups is 2. The van der Waals surface area contributed by atoms with Crippen LogP contribution in [0, 0.1) is 0 Å². The van der Waals surface area contributed by atoms with E-state index in [9.17, 15) is 22.8 Å². The van der Waals surface area contributed by atoms with Gasteiger partial charge in [-0.3, -0.25) is 4.79 Å². The molecule has 3 amide bonds. The molecule has 3 heterocycles. The van der Waals surface area contributed by atoms with Crippen molar-refractivity contribution in [2.75, 3.05) is 43.0 Å². The van der Waals surface area contributed by atoms with Crippen LogP contribution in [0.5, 0.6) is 5.75 Å². The normalized spacial score (nSPS) is 22.0. The molecule has 0 aliphatic carbocycles. The average Bonchev–Trinajstić information content (AvgIpc) is 2.96. The van der Waals surface area contributed by atoms with Crippen molar-refractivity contribution < 1.29 is 27.5 Å². The van der Waals surface area contributed by atoms with Gasteiger partial charge in [0.05, 0.1) is 5.69 Å². The molecule has 176 valence electrons. The maximum Gasteiger partial charge on any atom is 0.573 e. The summed E-state index contributed by atoms with van der Waals surface area (Å²) in [4.78, 5) is 35.6. The molecule has 1 N–H and O–H groups in total. The predicted octanol–water partition coefficient (Wildman–Crippen LogP) is 2.79. The van der Waals surface area contributed by atoms with E-state index in [1.807, 2.05) is 6.07 Å². The minimum atomic E-state index is -4.82. The van der Waals surface area contributed by atoms with Crippen molar-refractivity contribution in [1.82, 2.24) is 15.2 Å². The number of carbonyl (C=O) groups excluding carboxylic acids is 2. The summed E-state index contributed by atoms with van der Waals surface area (Å²) in [5.74, 6) is -0.109. The van der Waals surface area contributed by atoms with Crippen molar-refractivity contribution in [3.05, 3.63) is 48.2 Å². The number of piperazine rings is 1. The number of aromatic nitrogens is 1. The van der Waals surface area contributed by atoms with Gasteiger partial charge < -0.3 is 19.9 Å². The van der Waals surface area contributed by atoms with Crippen LogP contribution in [0.3, 0.4) is 0 Å². The highest BCUT2D eigenvalue weighted by atomic mass is 19.4. The van der Waals surface area contributed by atoms with E-state index in [4.69, 9.17) is 0 Å². The van der Waals surface area contributed by atoms with Crippen LogP contribution in [0.4, 0.5) is 29.5 Å². The molecule has 1 unspecified atom stereocenters. The number of alkyl halides is 3. The number of imide groups is 1. The third-order valence-electron chi connectivity index (χ3n) is 5.78. The van der Waals surface area contributed by atoms with Crippen LogP contribution in [0.2, 0.25) is 0 Å². The fraction of sp³-hybridized carbons (Fsp3) is 0.409. The maximum atomic E-state index is 13.2. The summed E-state index contributed by atoms with van der Waals surface area (Å²) < 4.78 is 41.0. The Balaban J connectivity index is 1.49. The smallest absolute Gasteiger partial charge is 0.406 e. The van der Waals surface area contributed by atoms with Crippen molar-refractivity contribution >= 4 is 23.4 Å². The predicted molar refractivity (Wildman–Crippen MR) is 115 cm³/mol. The zero-order chi connectivity index (χ0) is 23.8. The van der Waals surface area contributed by atoms with Crippen LogP contribution in [-0.2, 0) is 11.2 Å². The van der Waals surface area contributed by atoms with E-state index >= 15 is 0 Å². The summed E-state index contributed by atoms with van der Waals surface area (Å²) >= 11 is 0. The number of nitrogens with zero attached hydrogens (tertiary/aromatic N) is 4. The fourth-order valence-electron chi connectivity index (χ4n) is 4.02. The first-order valence-electron chi connectivity index (χ1n) is 10.4. The Bertz CT molecular complexity index is 1040. The van der Waals surface area contributed by atoms with E-state index in [0.717, 1.165) is 54.6 Å². The molecule has 2 aliphatic heterocycles. The number of halogens is 3. The Morgan fingerprint density at radius 3 is 2.39 bits per heavy atom. The number of benzene rings is 1. The van der Waals surface area contributed by atoms with Crippen molar-refractivity contribution in [3.8, 4) is 5.75 Å². The largest absolute Gasteiger partial charge is 0.573 e. The van der Waals surface area contributed by atoms with E-state index < -0.39 is 29.6 Å². The monoisotopic (exact) mass is 463 g/mol. The molecule has 2 fully saturated rings. The lowest BCUT2D eigenvalue weighted by Gasteiger charge is -2.33. The van der Waals surface area contributed by atoms with E-state index in [1.165, 1.54) is 12.1 Å². The van der Waals surface area contributed by atoms with Gasteiger partial charge in [-0.1, -0.05) is 0 Å². The molecule has 1 aromatic heterocycles. The Morgan fingerprint density at radius 2 is 1.76 bits per heavy atom. The summed E-state index contributed by atoms with van der Waals surface area (Å²) in [6.07, 6.45) is -2.90. The Morgan fingerprint density at radius 1 is 1.09 bits per heavy atom. The van der Waals surface area contributed by atoms with Gasteiger partial charge in [-0.15, -0.1) is 13.2 Å². The fourth-order valence-corrected chi connectivity index (χ4v) is 4.02. The van der Waals surface area contributed by atoms with E-state index in [-0.39, 0.29) is 12.1 Å². The van der Waals surface area contributed by atoms with Crippen molar-refractivity contribution in [2.24, 2.45) is 0 Å². The molecule has 1 aromatic carbocycles. The van der Waals surface area contributed by atoms with Gasteiger partial charge in [0.15, 0.2) is 0 Å². The zero-order valence-corrected chi connectivity index (χ0v) is 18.2. The molecular weight excluding hydrogens is 439 g/mol. The van der Waals surface area contributed by atoms with Crippen LogP contribution in [0.1, 0.15) is 12.5 Å². The number of likely N-dealkylation sites (N-methyl/N-ethyl adjacent to an activating group) is 1. The minimum Gasteiger partial charge on any atom is -0.406 e. The lowest BCUT2D eigenvalue weighted by Crippen LogP contribution is -2.46.